The highest BCUT2D eigenvalue weighted by Gasteiger charge is 2.24. The third-order valence-corrected chi connectivity index (χ3v) is 3.71. The fraction of sp³-hybridized carbons (Fsp3) is 0.533. The van der Waals surface area contributed by atoms with E-state index in [1.54, 1.807) is 0 Å². The van der Waals surface area contributed by atoms with Crippen LogP contribution in [0.2, 0.25) is 0 Å². The normalized spacial score (nSPS) is 23.7. The van der Waals surface area contributed by atoms with Gasteiger partial charge in [-0.15, -0.1) is 0 Å². The van der Waals surface area contributed by atoms with E-state index in [0.29, 0.717) is 5.92 Å². The lowest BCUT2D eigenvalue weighted by Crippen LogP contribution is -2.45. The number of hydrogen-bond donors (Lipinski definition) is 2. The Balaban J connectivity index is 2.07. The molecular weight excluding hydrogens is 224 g/mol. The van der Waals surface area contributed by atoms with Crippen LogP contribution in [0.15, 0.2) is 18.2 Å². The van der Waals surface area contributed by atoms with Gasteiger partial charge in [0, 0.05) is 5.69 Å². The highest BCUT2D eigenvalue weighted by molar-refractivity contribution is 5.96. The SMILES string of the molecule is Cc1cccc(C)c1NC(=O)C1CC(C)CCN1. The first-order chi connectivity index (χ1) is 8.58. The zero-order valence-corrected chi connectivity index (χ0v) is 11.4. The maximum absolute atomic E-state index is 12.2. The molecule has 1 aromatic carbocycles. The predicted molar refractivity (Wildman–Crippen MR) is 74.7 cm³/mol. The number of carbonyl (C=O) groups excluding carboxylic acids is 1. The van der Waals surface area contributed by atoms with Gasteiger partial charge >= 0.3 is 0 Å². The number of anilines is 1. The summed E-state index contributed by atoms with van der Waals surface area (Å²) in [5.41, 5.74) is 3.20. The minimum atomic E-state index is -0.0484. The minimum Gasteiger partial charge on any atom is -0.324 e. The number of para-hydroxylation sites is 1. The fourth-order valence-electron chi connectivity index (χ4n) is 2.53. The molecular formula is C15H22N2O. The smallest absolute Gasteiger partial charge is 0.241 e. The van der Waals surface area contributed by atoms with E-state index in [4.69, 9.17) is 0 Å². The largest absolute Gasteiger partial charge is 0.324 e. The van der Waals surface area contributed by atoms with Crippen LogP contribution in [0.5, 0.6) is 0 Å². The molecule has 1 aliphatic heterocycles. The molecule has 1 heterocycles. The van der Waals surface area contributed by atoms with E-state index < -0.39 is 0 Å². The van der Waals surface area contributed by atoms with Crippen molar-refractivity contribution in [2.24, 2.45) is 5.92 Å². The number of aryl methyl sites for hydroxylation is 2. The van der Waals surface area contributed by atoms with Crippen LogP contribution in [-0.4, -0.2) is 18.5 Å². The molecule has 2 unspecified atom stereocenters. The second-order valence-corrected chi connectivity index (χ2v) is 5.39. The number of rotatable bonds is 2. The molecule has 3 nitrogen and oxygen atoms in total. The zero-order valence-electron chi connectivity index (χ0n) is 11.4. The van der Waals surface area contributed by atoms with E-state index in [9.17, 15) is 4.79 Å². The maximum Gasteiger partial charge on any atom is 0.241 e. The maximum atomic E-state index is 12.2. The summed E-state index contributed by atoms with van der Waals surface area (Å²) >= 11 is 0. The van der Waals surface area contributed by atoms with Crippen molar-refractivity contribution in [1.82, 2.24) is 5.32 Å². The van der Waals surface area contributed by atoms with Gasteiger partial charge in [0.1, 0.15) is 0 Å². The molecule has 1 saturated heterocycles. The molecule has 2 atom stereocenters. The molecule has 2 N–H and O–H groups in total. The van der Waals surface area contributed by atoms with Gasteiger partial charge in [0.05, 0.1) is 6.04 Å². The molecule has 0 radical (unpaired) electrons. The van der Waals surface area contributed by atoms with E-state index in [1.165, 1.54) is 0 Å². The number of piperidine rings is 1. The van der Waals surface area contributed by atoms with Gasteiger partial charge in [0.25, 0.3) is 0 Å². The van der Waals surface area contributed by atoms with Gasteiger partial charge < -0.3 is 10.6 Å². The summed E-state index contributed by atoms with van der Waals surface area (Å²) in [5.74, 6) is 0.721. The van der Waals surface area contributed by atoms with Crippen LogP contribution in [-0.2, 0) is 4.79 Å². The Hall–Kier alpha value is -1.35. The van der Waals surface area contributed by atoms with Crippen LogP contribution in [0.25, 0.3) is 0 Å². The van der Waals surface area contributed by atoms with Crippen molar-refractivity contribution in [1.29, 1.82) is 0 Å². The standard InChI is InChI=1S/C15H22N2O/c1-10-7-8-16-13(9-10)15(18)17-14-11(2)5-4-6-12(14)3/h4-6,10,13,16H,7-9H2,1-3H3,(H,17,18). The molecule has 3 heteroatoms. The van der Waals surface area contributed by atoms with Crippen molar-refractivity contribution in [3.63, 3.8) is 0 Å². The van der Waals surface area contributed by atoms with Gasteiger partial charge in [0.15, 0.2) is 0 Å². The number of hydrogen-bond acceptors (Lipinski definition) is 2. The number of carbonyl (C=O) groups is 1. The topological polar surface area (TPSA) is 41.1 Å². The lowest BCUT2D eigenvalue weighted by Gasteiger charge is -2.27. The fourth-order valence-corrected chi connectivity index (χ4v) is 2.53. The van der Waals surface area contributed by atoms with Gasteiger partial charge in [-0.3, -0.25) is 4.79 Å². The molecule has 98 valence electrons. The summed E-state index contributed by atoms with van der Waals surface area (Å²) in [4.78, 5) is 12.2. The van der Waals surface area contributed by atoms with Crippen LogP contribution in [0, 0.1) is 19.8 Å². The Kier molecular flexibility index (Phi) is 4.02. The summed E-state index contributed by atoms with van der Waals surface area (Å²) in [6, 6.07) is 6.02. The van der Waals surface area contributed by atoms with Crippen LogP contribution < -0.4 is 10.6 Å². The predicted octanol–water partition coefficient (Wildman–Crippen LogP) is 2.63. The van der Waals surface area contributed by atoms with E-state index in [1.807, 2.05) is 32.0 Å². The molecule has 1 aliphatic rings. The third-order valence-electron chi connectivity index (χ3n) is 3.71. The first-order valence-corrected chi connectivity index (χ1v) is 6.68. The van der Waals surface area contributed by atoms with Crippen molar-refractivity contribution in [2.45, 2.75) is 39.7 Å². The summed E-state index contributed by atoms with van der Waals surface area (Å²) in [6.45, 7) is 7.20. The molecule has 0 bridgehead atoms. The Morgan fingerprint density at radius 1 is 1.33 bits per heavy atom. The molecule has 0 aliphatic carbocycles. The molecule has 2 rings (SSSR count). The third kappa shape index (κ3) is 2.91. The van der Waals surface area contributed by atoms with Crippen LogP contribution in [0.1, 0.15) is 30.9 Å². The van der Waals surface area contributed by atoms with Gasteiger partial charge in [-0.25, -0.2) is 0 Å². The first kappa shape index (κ1) is 13.1. The molecule has 0 aromatic heterocycles. The monoisotopic (exact) mass is 246 g/mol. The van der Waals surface area contributed by atoms with Gasteiger partial charge in [-0.1, -0.05) is 25.1 Å². The molecule has 0 saturated carbocycles. The van der Waals surface area contributed by atoms with Crippen molar-refractivity contribution in [2.75, 3.05) is 11.9 Å². The van der Waals surface area contributed by atoms with Gasteiger partial charge in [-0.2, -0.15) is 0 Å². The van der Waals surface area contributed by atoms with Crippen LogP contribution in [0.4, 0.5) is 5.69 Å². The van der Waals surface area contributed by atoms with E-state index in [-0.39, 0.29) is 11.9 Å². The first-order valence-electron chi connectivity index (χ1n) is 6.68. The Labute approximate surface area is 109 Å². The summed E-state index contributed by atoms with van der Waals surface area (Å²) in [5, 5.41) is 6.36. The second kappa shape index (κ2) is 5.53. The molecule has 1 amide bonds. The van der Waals surface area contributed by atoms with E-state index in [2.05, 4.69) is 17.6 Å². The Morgan fingerprint density at radius 2 is 2.00 bits per heavy atom. The molecule has 1 fully saturated rings. The summed E-state index contributed by atoms with van der Waals surface area (Å²) in [6.07, 6.45) is 2.09. The van der Waals surface area contributed by atoms with E-state index in [0.717, 1.165) is 36.2 Å². The van der Waals surface area contributed by atoms with Crippen molar-refractivity contribution >= 4 is 11.6 Å². The zero-order chi connectivity index (χ0) is 13.1. The van der Waals surface area contributed by atoms with Crippen molar-refractivity contribution in [3.8, 4) is 0 Å². The summed E-state index contributed by atoms with van der Waals surface area (Å²) < 4.78 is 0. The average Bonchev–Trinajstić information content (AvgIpc) is 2.34. The molecule has 18 heavy (non-hydrogen) atoms. The van der Waals surface area contributed by atoms with Crippen molar-refractivity contribution in [3.05, 3.63) is 29.3 Å². The summed E-state index contributed by atoms with van der Waals surface area (Å²) in [7, 11) is 0. The second-order valence-electron chi connectivity index (χ2n) is 5.39. The Bertz CT molecular complexity index is 422. The lowest BCUT2D eigenvalue weighted by molar-refractivity contribution is -0.119. The molecule has 0 spiro atoms. The Morgan fingerprint density at radius 3 is 2.61 bits per heavy atom. The van der Waals surface area contributed by atoms with Crippen molar-refractivity contribution < 1.29 is 4.79 Å². The quantitative estimate of drug-likeness (QED) is 0.842. The number of benzene rings is 1. The average molecular weight is 246 g/mol. The molecule has 1 aromatic rings. The van der Waals surface area contributed by atoms with E-state index >= 15 is 0 Å². The highest BCUT2D eigenvalue weighted by Crippen LogP contribution is 2.21. The minimum absolute atomic E-state index is 0.0484. The van der Waals surface area contributed by atoms with Crippen LogP contribution in [0.3, 0.4) is 0 Å². The number of amides is 1. The van der Waals surface area contributed by atoms with Crippen LogP contribution >= 0.6 is 0 Å². The number of nitrogens with one attached hydrogen (secondary N) is 2. The lowest BCUT2D eigenvalue weighted by atomic mass is 9.94. The van der Waals surface area contributed by atoms with Gasteiger partial charge in [-0.05, 0) is 50.3 Å². The highest BCUT2D eigenvalue weighted by atomic mass is 16.2. The van der Waals surface area contributed by atoms with Gasteiger partial charge in [0.2, 0.25) is 5.91 Å².